The van der Waals surface area contributed by atoms with Crippen molar-refractivity contribution < 1.29 is 0 Å². The van der Waals surface area contributed by atoms with Gasteiger partial charge >= 0.3 is 0 Å². The molecule has 0 spiro atoms. The van der Waals surface area contributed by atoms with Crippen molar-refractivity contribution in [2.75, 3.05) is 0 Å². The third-order valence-corrected chi connectivity index (χ3v) is 12.2. The van der Waals surface area contributed by atoms with E-state index in [0.29, 0.717) is 27.4 Å². The normalized spacial score (nSPS) is 11.7. The molecule has 0 N–H and O–H groups in total. The first kappa shape index (κ1) is 40.2. The van der Waals surface area contributed by atoms with Crippen LogP contribution in [0.25, 0.3) is 88.4 Å². The van der Waals surface area contributed by atoms with Gasteiger partial charge in [0, 0.05) is 43.8 Å². The molecule has 62 heavy (non-hydrogen) atoms. The summed E-state index contributed by atoms with van der Waals surface area (Å²) in [5, 5.41) is 2.93. The lowest BCUT2D eigenvalue weighted by molar-refractivity contribution is 1.18. The molecule has 0 saturated carbocycles. The van der Waals surface area contributed by atoms with E-state index in [1.54, 1.807) is 4.57 Å². The number of para-hydroxylation sites is 1. The van der Waals surface area contributed by atoms with Gasteiger partial charge in [-0.1, -0.05) is 124 Å². The van der Waals surface area contributed by atoms with Crippen LogP contribution in [0.1, 0.15) is 0 Å². The van der Waals surface area contributed by atoms with Gasteiger partial charge in [-0.15, -0.1) is 32.8 Å². The molecule has 0 atom stereocenters. The standard InChI is InChI=1S/C48H20B12N2/c49-34-31(32-33-35(50)36(51)39(54)43(58)47(33)62(46(32)42(57)37(34)52)48-44(59)40(55)38(53)41(56)45(48)60)25-13-7-8-14-28(25)61-29-17-15-23(21-9-3-1-4-10-21)19-26(29)27-20-24(16-18-30(27)61)22-11-5-2-6-12-22/h1-20H. The van der Waals surface area contributed by atoms with Crippen LogP contribution in [0.5, 0.6) is 0 Å². The molecule has 24 radical (unpaired) electrons. The fourth-order valence-electron chi connectivity index (χ4n) is 9.05. The van der Waals surface area contributed by atoms with Gasteiger partial charge in [0.15, 0.2) is 0 Å². The Morgan fingerprint density at radius 2 is 0.726 bits per heavy atom. The number of aromatic nitrogens is 2. The Kier molecular flexibility index (Phi) is 9.67. The molecule has 0 saturated heterocycles. The van der Waals surface area contributed by atoms with Gasteiger partial charge in [0.05, 0.1) is 16.7 Å². The summed E-state index contributed by atoms with van der Waals surface area (Å²) in [6.45, 7) is 0. The molecule has 0 bridgehead atoms. The van der Waals surface area contributed by atoms with Crippen LogP contribution < -0.4 is 65.6 Å². The Balaban J connectivity index is 1.37. The fourth-order valence-corrected chi connectivity index (χ4v) is 9.05. The highest BCUT2D eigenvalue weighted by molar-refractivity contribution is 6.71. The molecule has 8 aromatic carbocycles. The van der Waals surface area contributed by atoms with Crippen LogP contribution in [-0.2, 0) is 0 Å². The summed E-state index contributed by atoms with van der Waals surface area (Å²) in [5.74, 6) is 0. The summed E-state index contributed by atoms with van der Waals surface area (Å²) < 4.78 is 3.85. The van der Waals surface area contributed by atoms with E-state index in [0.717, 1.165) is 49.7 Å². The second-order valence-electron chi connectivity index (χ2n) is 15.5. The Hall–Kier alpha value is -5.86. The summed E-state index contributed by atoms with van der Waals surface area (Å²) in [6, 6.07) is 41.5. The summed E-state index contributed by atoms with van der Waals surface area (Å²) in [4.78, 5) is 0. The van der Waals surface area contributed by atoms with Gasteiger partial charge in [-0.05, 0) is 58.1 Å². The highest BCUT2D eigenvalue weighted by Gasteiger charge is 2.28. The molecule has 0 unspecified atom stereocenters. The van der Waals surface area contributed by atoms with Crippen molar-refractivity contribution in [3.05, 3.63) is 121 Å². The molecule has 0 aliphatic rings. The SMILES string of the molecule is [B]c1c([B])c([B])c(-n2c3c([B])c([B])c([B])c([B])c3c3c(-c4ccccc4-n4c5ccc(-c6ccccc6)cc5c5cc(-c6ccccc6)ccc54)c([B])c([B])c([B])c32)c([B])c1[B]. The maximum Gasteiger partial charge on any atom is 0.115 e. The lowest BCUT2D eigenvalue weighted by Crippen LogP contribution is -2.56. The lowest BCUT2D eigenvalue weighted by atomic mass is 9.61. The molecule has 0 aliphatic heterocycles. The van der Waals surface area contributed by atoms with Gasteiger partial charge in [-0.25, -0.2) is 0 Å². The third-order valence-electron chi connectivity index (χ3n) is 12.2. The topological polar surface area (TPSA) is 9.86 Å². The molecule has 2 heterocycles. The summed E-state index contributed by atoms with van der Waals surface area (Å²) in [6.07, 6.45) is 0. The van der Waals surface area contributed by atoms with E-state index in [2.05, 4.69) is 65.2 Å². The van der Waals surface area contributed by atoms with E-state index >= 15 is 0 Å². The highest BCUT2D eigenvalue weighted by Crippen LogP contribution is 2.41. The minimum absolute atomic E-state index is 0.00132. The van der Waals surface area contributed by atoms with Gasteiger partial charge in [-0.2, -0.15) is 0 Å². The molecule has 14 heteroatoms. The summed E-state index contributed by atoms with van der Waals surface area (Å²) >= 11 is 0. The fraction of sp³-hybridized carbons (Fsp3) is 0. The zero-order chi connectivity index (χ0) is 43.5. The van der Waals surface area contributed by atoms with Gasteiger partial charge in [0.1, 0.15) is 94.2 Å². The first-order chi connectivity index (χ1) is 29.8. The number of rotatable bonds is 5. The van der Waals surface area contributed by atoms with E-state index in [1.807, 2.05) is 60.7 Å². The van der Waals surface area contributed by atoms with Gasteiger partial charge in [-0.3, -0.25) is 0 Å². The molecule has 10 rings (SSSR count). The van der Waals surface area contributed by atoms with Crippen LogP contribution in [0.4, 0.5) is 0 Å². The zero-order valence-corrected chi connectivity index (χ0v) is 33.4. The molecule has 0 amide bonds. The molecule has 2 nitrogen and oxygen atoms in total. The van der Waals surface area contributed by atoms with Crippen molar-refractivity contribution >= 4 is 203 Å². The molecule has 258 valence electrons. The molecule has 0 fully saturated rings. The van der Waals surface area contributed by atoms with Crippen molar-refractivity contribution in [2.45, 2.75) is 0 Å². The average Bonchev–Trinajstić information content (AvgIpc) is 3.82. The minimum Gasteiger partial charge on any atom is -0.312 e. The quantitative estimate of drug-likeness (QED) is 0.188. The van der Waals surface area contributed by atoms with Crippen LogP contribution in [0.2, 0.25) is 0 Å². The zero-order valence-electron chi connectivity index (χ0n) is 33.4. The van der Waals surface area contributed by atoms with Gasteiger partial charge < -0.3 is 9.13 Å². The van der Waals surface area contributed by atoms with Crippen LogP contribution in [0.15, 0.2) is 121 Å². The predicted octanol–water partition coefficient (Wildman–Crippen LogP) is -1.59. The smallest absolute Gasteiger partial charge is 0.115 e. The molecule has 2 aromatic heterocycles. The van der Waals surface area contributed by atoms with Crippen molar-refractivity contribution in [1.82, 2.24) is 9.13 Å². The van der Waals surface area contributed by atoms with Crippen molar-refractivity contribution in [2.24, 2.45) is 0 Å². The monoisotopic (exact) mass is 756 g/mol. The highest BCUT2D eigenvalue weighted by atomic mass is 15.0. The van der Waals surface area contributed by atoms with Crippen LogP contribution in [-0.4, -0.2) is 103 Å². The second-order valence-corrected chi connectivity index (χ2v) is 15.5. The Morgan fingerprint density at radius 3 is 1.26 bits per heavy atom. The van der Waals surface area contributed by atoms with Crippen LogP contribution >= 0.6 is 0 Å². The second kappa shape index (κ2) is 14.9. The van der Waals surface area contributed by atoms with Crippen LogP contribution in [0, 0.1) is 0 Å². The average molecular weight is 754 g/mol. The largest absolute Gasteiger partial charge is 0.312 e. The number of hydrogen-bond acceptors (Lipinski definition) is 0. The maximum atomic E-state index is 7.16. The van der Waals surface area contributed by atoms with E-state index in [-0.39, 0.29) is 76.8 Å². The molecular weight excluding hydrogens is 734 g/mol. The Labute approximate surface area is 376 Å². The molecule has 0 aliphatic carbocycles. The molecular formula is C48H20B12N2. The van der Waals surface area contributed by atoms with Crippen molar-refractivity contribution in [3.8, 4) is 44.8 Å². The van der Waals surface area contributed by atoms with E-state index in [9.17, 15) is 0 Å². The summed E-state index contributed by atoms with van der Waals surface area (Å²) in [7, 11) is 80.8. The van der Waals surface area contributed by atoms with E-state index in [4.69, 9.17) is 94.2 Å². The van der Waals surface area contributed by atoms with Gasteiger partial charge in [0.2, 0.25) is 0 Å². The number of benzene rings is 8. The Bertz CT molecular complexity index is 3420. The third kappa shape index (κ3) is 5.74. The summed E-state index contributed by atoms with van der Waals surface area (Å²) in [5.41, 5.74) is 9.60. The lowest BCUT2D eigenvalue weighted by Gasteiger charge is -2.26. The predicted molar refractivity (Wildman–Crippen MR) is 276 cm³/mol. The first-order valence-electron chi connectivity index (χ1n) is 19.7. The Morgan fingerprint density at radius 1 is 0.306 bits per heavy atom. The number of fused-ring (bicyclic) bond motifs is 6. The van der Waals surface area contributed by atoms with Gasteiger partial charge in [0.25, 0.3) is 0 Å². The molecule has 10 aromatic rings. The minimum atomic E-state index is 0.00132. The van der Waals surface area contributed by atoms with Crippen molar-refractivity contribution in [3.63, 3.8) is 0 Å². The maximum absolute atomic E-state index is 7.16. The van der Waals surface area contributed by atoms with Crippen LogP contribution in [0.3, 0.4) is 0 Å². The first-order valence-corrected chi connectivity index (χ1v) is 19.7. The van der Waals surface area contributed by atoms with E-state index < -0.39 is 0 Å². The van der Waals surface area contributed by atoms with E-state index in [1.165, 1.54) is 0 Å². The number of hydrogen-bond donors (Lipinski definition) is 0. The number of nitrogens with zero attached hydrogens (tertiary/aromatic N) is 2. The van der Waals surface area contributed by atoms with Crippen molar-refractivity contribution in [1.29, 1.82) is 0 Å².